The predicted molar refractivity (Wildman–Crippen MR) is 86.7 cm³/mol. The number of benzene rings is 1. The second kappa shape index (κ2) is 5.46. The molecule has 0 amide bonds. The van der Waals surface area contributed by atoms with Crippen LogP contribution in [0.1, 0.15) is 30.0 Å². The van der Waals surface area contributed by atoms with Crippen LogP contribution in [0.15, 0.2) is 36.4 Å². The Kier molecular flexibility index (Phi) is 3.62. The molecular weight excluding hydrogens is 300 g/mol. The number of rotatable bonds is 3. The number of hydrogen-bond donors (Lipinski definition) is 1. The fourth-order valence-corrected chi connectivity index (χ4v) is 2.82. The lowest BCUT2D eigenvalue weighted by atomic mass is 10.1. The molecule has 0 unspecified atom stereocenters. The minimum absolute atomic E-state index is 0.0262. The van der Waals surface area contributed by atoms with Crippen molar-refractivity contribution in [3.05, 3.63) is 52.8 Å². The first-order chi connectivity index (χ1) is 10.5. The van der Waals surface area contributed by atoms with E-state index in [1.54, 1.807) is 25.1 Å². The van der Waals surface area contributed by atoms with Gasteiger partial charge in [0.15, 0.2) is 5.78 Å². The fourth-order valence-electron chi connectivity index (χ4n) is 2.64. The molecule has 0 radical (unpaired) electrons. The van der Waals surface area contributed by atoms with Crippen molar-refractivity contribution >= 4 is 23.0 Å². The summed E-state index contributed by atoms with van der Waals surface area (Å²) in [6.45, 7) is 3.52. The standard InChI is InChI=1S/C17H15ClN2O2/c1-3-13-17(10(2)21)20-14(5-4-6-16(20)19-13)11-7-8-15(22)12(18)9-11/h4-9,22H,3H2,1-2H3. The quantitative estimate of drug-likeness (QED) is 0.740. The molecule has 0 aliphatic carbocycles. The molecule has 4 nitrogen and oxygen atoms in total. The highest BCUT2D eigenvalue weighted by Crippen LogP contribution is 2.31. The number of carbonyl (C=O) groups is 1. The van der Waals surface area contributed by atoms with Crippen molar-refractivity contribution in [2.45, 2.75) is 20.3 Å². The van der Waals surface area contributed by atoms with Crippen LogP contribution in [0.5, 0.6) is 5.75 Å². The number of ketones is 1. The van der Waals surface area contributed by atoms with Gasteiger partial charge < -0.3 is 5.11 Å². The van der Waals surface area contributed by atoms with E-state index in [1.807, 2.05) is 29.5 Å². The number of hydrogen-bond acceptors (Lipinski definition) is 3. The van der Waals surface area contributed by atoms with Gasteiger partial charge in [-0.05, 0) is 36.8 Å². The maximum absolute atomic E-state index is 12.1. The Morgan fingerprint density at radius 1 is 1.32 bits per heavy atom. The van der Waals surface area contributed by atoms with Crippen LogP contribution in [0.25, 0.3) is 16.9 Å². The molecular formula is C17H15ClN2O2. The van der Waals surface area contributed by atoms with Gasteiger partial charge in [-0.25, -0.2) is 4.98 Å². The summed E-state index contributed by atoms with van der Waals surface area (Å²) in [5.74, 6) is 0.00550. The summed E-state index contributed by atoms with van der Waals surface area (Å²) in [6, 6.07) is 10.7. The largest absolute Gasteiger partial charge is 0.506 e. The summed E-state index contributed by atoms with van der Waals surface area (Å²) in [7, 11) is 0. The van der Waals surface area contributed by atoms with Gasteiger partial charge in [-0.15, -0.1) is 0 Å². The van der Waals surface area contributed by atoms with Crippen molar-refractivity contribution in [2.75, 3.05) is 0 Å². The van der Waals surface area contributed by atoms with Gasteiger partial charge in [-0.1, -0.05) is 24.6 Å². The minimum Gasteiger partial charge on any atom is -0.506 e. The Morgan fingerprint density at radius 3 is 2.73 bits per heavy atom. The van der Waals surface area contributed by atoms with Crippen LogP contribution < -0.4 is 0 Å². The van der Waals surface area contributed by atoms with E-state index in [1.165, 1.54) is 0 Å². The molecule has 0 aliphatic heterocycles. The molecule has 0 spiro atoms. The summed E-state index contributed by atoms with van der Waals surface area (Å²) >= 11 is 6.01. The number of phenols is 1. The summed E-state index contributed by atoms with van der Waals surface area (Å²) in [5.41, 5.74) is 3.73. The molecule has 1 aromatic carbocycles. The third-order valence-electron chi connectivity index (χ3n) is 3.63. The number of nitrogens with zero attached hydrogens (tertiary/aromatic N) is 2. The second-order valence-electron chi connectivity index (χ2n) is 5.09. The van der Waals surface area contributed by atoms with Gasteiger partial charge in [0.25, 0.3) is 0 Å². The van der Waals surface area contributed by atoms with Crippen LogP contribution in [0.4, 0.5) is 0 Å². The molecule has 3 rings (SSSR count). The van der Waals surface area contributed by atoms with Crippen molar-refractivity contribution in [1.82, 2.24) is 9.38 Å². The van der Waals surface area contributed by atoms with Gasteiger partial charge in [-0.2, -0.15) is 0 Å². The molecule has 112 valence electrons. The molecule has 3 aromatic rings. The number of halogens is 1. The van der Waals surface area contributed by atoms with Crippen LogP contribution in [0.3, 0.4) is 0 Å². The maximum atomic E-state index is 12.1. The number of Topliss-reactive ketones (excluding diaryl/α,β-unsaturated/α-hetero) is 1. The highest BCUT2D eigenvalue weighted by molar-refractivity contribution is 6.32. The molecule has 0 saturated carbocycles. The monoisotopic (exact) mass is 314 g/mol. The highest BCUT2D eigenvalue weighted by Gasteiger charge is 2.18. The molecule has 0 atom stereocenters. The molecule has 5 heteroatoms. The predicted octanol–water partition coefficient (Wildman–Crippen LogP) is 4.13. The molecule has 22 heavy (non-hydrogen) atoms. The fraction of sp³-hybridized carbons (Fsp3) is 0.176. The number of aromatic nitrogens is 2. The van der Waals surface area contributed by atoms with E-state index in [4.69, 9.17) is 11.6 Å². The third kappa shape index (κ3) is 2.25. The average Bonchev–Trinajstić information content (AvgIpc) is 2.88. The van der Waals surface area contributed by atoms with E-state index in [-0.39, 0.29) is 16.6 Å². The Morgan fingerprint density at radius 2 is 2.09 bits per heavy atom. The zero-order chi connectivity index (χ0) is 15.9. The zero-order valence-electron chi connectivity index (χ0n) is 12.3. The molecule has 0 bridgehead atoms. The van der Waals surface area contributed by atoms with Gasteiger partial charge in [0.1, 0.15) is 17.1 Å². The molecule has 1 N–H and O–H groups in total. The topological polar surface area (TPSA) is 54.6 Å². The van der Waals surface area contributed by atoms with Crippen LogP contribution >= 0.6 is 11.6 Å². The van der Waals surface area contributed by atoms with Crippen LogP contribution in [-0.2, 0) is 6.42 Å². The van der Waals surface area contributed by atoms with Gasteiger partial charge >= 0.3 is 0 Å². The van der Waals surface area contributed by atoms with Crippen molar-refractivity contribution in [3.63, 3.8) is 0 Å². The molecule has 2 heterocycles. The van der Waals surface area contributed by atoms with Crippen molar-refractivity contribution in [3.8, 4) is 17.0 Å². The number of aromatic hydroxyl groups is 1. The number of pyridine rings is 1. The number of carbonyl (C=O) groups excluding carboxylic acids is 1. The first-order valence-corrected chi connectivity index (χ1v) is 7.41. The number of phenolic OH excluding ortho intramolecular Hbond substituents is 1. The Bertz CT molecular complexity index is 884. The maximum Gasteiger partial charge on any atom is 0.178 e. The second-order valence-corrected chi connectivity index (χ2v) is 5.49. The van der Waals surface area contributed by atoms with Crippen LogP contribution in [-0.4, -0.2) is 20.3 Å². The molecule has 0 aliphatic rings. The van der Waals surface area contributed by atoms with E-state index < -0.39 is 0 Å². The van der Waals surface area contributed by atoms with E-state index in [2.05, 4.69) is 4.98 Å². The lowest BCUT2D eigenvalue weighted by Gasteiger charge is -2.09. The average molecular weight is 315 g/mol. The molecule has 0 saturated heterocycles. The van der Waals surface area contributed by atoms with Gasteiger partial charge in [-0.3, -0.25) is 9.20 Å². The van der Waals surface area contributed by atoms with E-state index in [0.717, 1.165) is 22.6 Å². The number of aryl methyl sites for hydroxylation is 1. The normalized spacial score (nSPS) is 11.0. The van der Waals surface area contributed by atoms with Crippen molar-refractivity contribution < 1.29 is 9.90 Å². The first-order valence-electron chi connectivity index (χ1n) is 7.03. The zero-order valence-corrected chi connectivity index (χ0v) is 13.1. The Hall–Kier alpha value is -2.33. The van der Waals surface area contributed by atoms with Crippen molar-refractivity contribution in [2.24, 2.45) is 0 Å². The number of imidazole rings is 1. The smallest absolute Gasteiger partial charge is 0.178 e. The molecule has 0 fully saturated rings. The SMILES string of the molecule is CCc1nc2cccc(-c3ccc(O)c(Cl)c3)n2c1C(C)=O. The van der Waals surface area contributed by atoms with Gasteiger partial charge in [0.2, 0.25) is 0 Å². The van der Waals surface area contributed by atoms with Crippen molar-refractivity contribution in [1.29, 1.82) is 0 Å². The number of fused-ring (bicyclic) bond motifs is 1. The lowest BCUT2D eigenvalue weighted by molar-refractivity contribution is 0.101. The first kappa shape index (κ1) is 14.6. The third-order valence-corrected chi connectivity index (χ3v) is 3.93. The van der Waals surface area contributed by atoms with Gasteiger partial charge in [0, 0.05) is 12.5 Å². The lowest BCUT2D eigenvalue weighted by Crippen LogP contribution is -2.04. The van der Waals surface area contributed by atoms with Crippen LogP contribution in [0, 0.1) is 0 Å². The Balaban J connectivity index is 2.36. The van der Waals surface area contributed by atoms with E-state index in [9.17, 15) is 9.90 Å². The summed E-state index contributed by atoms with van der Waals surface area (Å²) < 4.78 is 1.85. The summed E-state index contributed by atoms with van der Waals surface area (Å²) in [4.78, 5) is 16.6. The summed E-state index contributed by atoms with van der Waals surface area (Å²) in [6.07, 6.45) is 0.687. The van der Waals surface area contributed by atoms with Crippen LogP contribution in [0.2, 0.25) is 5.02 Å². The molecule has 2 aromatic heterocycles. The minimum atomic E-state index is -0.0262. The Labute approximate surface area is 133 Å². The van der Waals surface area contributed by atoms with E-state index in [0.29, 0.717) is 12.1 Å². The summed E-state index contributed by atoms with van der Waals surface area (Å²) in [5, 5.41) is 9.86. The highest BCUT2D eigenvalue weighted by atomic mass is 35.5. The van der Waals surface area contributed by atoms with Gasteiger partial charge in [0.05, 0.1) is 16.4 Å². The van der Waals surface area contributed by atoms with E-state index >= 15 is 0 Å².